The van der Waals surface area contributed by atoms with Gasteiger partial charge in [-0.15, -0.1) is 0 Å². The minimum atomic E-state index is -0.295. The molecule has 1 unspecified atom stereocenters. The van der Waals surface area contributed by atoms with Gasteiger partial charge in [0, 0.05) is 55.6 Å². The van der Waals surface area contributed by atoms with Crippen molar-refractivity contribution in [1.29, 1.82) is 0 Å². The van der Waals surface area contributed by atoms with Crippen LogP contribution in [0.4, 0.5) is 4.39 Å². The third-order valence-electron chi connectivity index (χ3n) is 5.39. The molecule has 0 bridgehead atoms. The number of benzene rings is 2. The molecule has 1 saturated heterocycles. The second-order valence-electron chi connectivity index (χ2n) is 7.74. The summed E-state index contributed by atoms with van der Waals surface area (Å²) in [6, 6.07) is 14.9. The summed E-state index contributed by atoms with van der Waals surface area (Å²) < 4.78 is 13.9. The van der Waals surface area contributed by atoms with Crippen molar-refractivity contribution in [3.05, 3.63) is 70.5 Å². The van der Waals surface area contributed by atoms with Gasteiger partial charge in [0.25, 0.3) is 0 Å². The van der Waals surface area contributed by atoms with Crippen LogP contribution in [-0.2, 0) is 17.6 Å². The number of rotatable bonds is 9. The van der Waals surface area contributed by atoms with Gasteiger partial charge in [-0.05, 0) is 37.5 Å². The lowest BCUT2D eigenvalue weighted by Crippen LogP contribution is -2.38. The molecule has 1 atom stereocenters. The van der Waals surface area contributed by atoms with Gasteiger partial charge in [-0.2, -0.15) is 0 Å². The number of hydrogen-bond donors (Lipinski definition) is 2. The Balaban J connectivity index is 1.47. The van der Waals surface area contributed by atoms with Crippen LogP contribution in [0.5, 0.6) is 0 Å². The summed E-state index contributed by atoms with van der Waals surface area (Å²) in [4.78, 5) is 19.0. The van der Waals surface area contributed by atoms with Crippen molar-refractivity contribution in [2.45, 2.75) is 26.2 Å². The average Bonchev–Trinajstić information content (AvgIpc) is 3.12. The summed E-state index contributed by atoms with van der Waals surface area (Å²) in [5.74, 6) is 0.782. The molecule has 31 heavy (non-hydrogen) atoms. The van der Waals surface area contributed by atoms with Gasteiger partial charge in [0.05, 0.1) is 0 Å². The number of likely N-dealkylation sites (tertiary alicyclic amines) is 1. The van der Waals surface area contributed by atoms with Gasteiger partial charge >= 0.3 is 0 Å². The zero-order valence-electron chi connectivity index (χ0n) is 17.9. The maximum absolute atomic E-state index is 13.9. The van der Waals surface area contributed by atoms with Gasteiger partial charge < -0.3 is 15.5 Å². The number of guanidine groups is 1. The highest BCUT2D eigenvalue weighted by molar-refractivity contribution is 6.31. The van der Waals surface area contributed by atoms with E-state index in [9.17, 15) is 9.18 Å². The van der Waals surface area contributed by atoms with Crippen molar-refractivity contribution in [3.8, 4) is 0 Å². The average molecular weight is 445 g/mol. The number of nitrogens with one attached hydrogen (secondary N) is 2. The first-order valence-electron chi connectivity index (χ1n) is 10.8. The van der Waals surface area contributed by atoms with Crippen LogP contribution in [0.3, 0.4) is 0 Å². The number of halogens is 2. The number of hydrogen-bond acceptors (Lipinski definition) is 2. The molecule has 1 aliphatic rings. The molecule has 0 aromatic heterocycles. The van der Waals surface area contributed by atoms with E-state index < -0.39 is 0 Å². The lowest BCUT2D eigenvalue weighted by Gasteiger charge is -2.16. The first-order chi connectivity index (χ1) is 15.1. The Kier molecular flexibility index (Phi) is 8.71. The number of aliphatic imine (C=N–C) groups is 1. The van der Waals surface area contributed by atoms with Crippen molar-refractivity contribution in [2.75, 3.05) is 32.7 Å². The predicted molar refractivity (Wildman–Crippen MR) is 124 cm³/mol. The van der Waals surface area contributed by atoms with E-state index >= 15 is 0 Å². The molecule has 2 N–H and O–H groups in total. The summed E-state index contributed by atoms with van der Waals surface area (Å²) in [7, 11) is 0. The topological polar surface area (TPSA) is 56.7 Å². The molecule has 0 radical (unpaired) electrons. The smallest absolute Gasteiger partial charge is 0.223 e. The van der Waals surface area contributed by atoms with Crippen molar-refractivity contribution < 1.29 is 9.18 Å². The van der Waals surface area contributed by atoms with Crippen LogP contribution >= 0.6 is 11.6 Å². The molecule has 5 nitrogen and oxygen atoms in total. The monoisotopic (exact) mass is 444 g/mol. The van der Waals surface area contributed by atoms with Crippen LogP contribution in [0.15, 0.2) is 53.5 Å². The number of carbonyl (C=O) groups is 1. The molecule has 1 aliphatic heterocycles. The molecule has 2 aromatic rings. The van der Waals surface area contributed by atoms with Crippen LogP contribution < -0.4 is 10.6 Å². The highest BCUT2D eigenvalue weighted by Gasteiger charge is 2.29. The lowest BCUT2D eigenvalue weighted by atomic mass is 10.1. The van der Waals surface area contributed by atoms with E-state index in [2.05, 4.69) is 27.8 Å². The van der Waals surface area contributed by atoms with Crippen LogP contribution in [0.2, 0.25) is 5.02 Å². The number of amides is 1. The first kappa shape index (κ1) is 23.1. The van der Waals surface area contributed by atoms with Crippen LogP contribution in [-0.4, -0.2) is 49.5 Å². The van der Waals surface area contributed by atoms with Crippen molar-refractivity contribution in [2.24, 2.45) is 10.9 Å². The molecule has 1 amide bonds. The number of carbonyl (C=O) groups excluding carboxylic acids is 1. The van der Waals surface area contributed by atoms with Gasteiger partial charge in [-0.3, -0.25) is 9.79 Å². The van der Waals surface area contributed by atoms with Gasteiger partial charge in [-0.25, -0.2) is 4.39 Å². The fourth-order valence-electron chi connectivity index (χ4n) is 3.74. The van der Waals surface area contributed by atoms with Gasteiger partial charge in [-0.1, -0.05) is 48.0 Å². The van der Waals surface area contributed by atoms with E-state index in [1.165, 1.54) is 11.6 Å². The largest absolute Gasteiger partial charge is 0.357 e. The normalized spacial score (nSPS) is 16.6. The fourth-order valence-corrected chi connectivity index (χ4v) is 4.00. The highest BCUT2D eigenvalue weighted by Crippen LogP contribution is 2.20. The van der Waals surface area contributed by atoms with E-state index in [1.807, 2.05) is 30.0 Å². The maximum Gasteiger partial charge on any atom is 0.223 e. The van der Waals surface area contributed by atoms with E-state index in [-0.39, 0.29) is 17.6 Å². The van der Waals surface area contributed by atoms with E-state index in [0.717, 1.165) is 26.1 Å². The van der Waals surface area contributed by atoms with E-state index in [4.69, 9.17) is 11.6 Å². The molecule has 7 heteroatoms. The van der Waals surface area contributed by atoms with Crippen LogP contribution in [0.25, 0.3) is 0 Å². The summed E-state index contributed by atoms with van der Waals surface area (Å²) in [6.45, 7) is 5.28. The third kappa shape index (κ3) is 6.96. The molecule has 166 valence electrons. The standard InChI is InChI=1S/C24H30ClFN4O/c1-2-27-24(28-13-11-20-21(25)9-6-10-22(20)26)29-16-19-15-23(31)30(17-19)14-12-18-7-4-3-5-8-18/h3-10,19H,2,11-17H2,1H3,(H2,27,28,29). The summed E-state index contributed by atoms with van der Waals surface area (Å²) in [5, 5.41) is 6.87. The molecule has 1 heterocycles. The molecule has 1 fully saturated rings. The first-order valence-corrected chi connectivity index (χ1v) is 11.2. The molecular weight excluding hydrogens is 415 g/mol. The zero-order valence-corrected chi connectivity index (χ0v) is 18.7. The van der Waals surface area contributed by atoms with Gasteiger partial charge in [0.15, 0.2) is 5.96 Å². The Bertz CT molecular complexity index is 870. The van der Waals surface area contributed by atoms with Gasteiger partial charge in [0.1, 0.15) is 5.82 Å². The quantitative estimate of drug-likeness (QED) is 0.458. The summed E-state index contributed by atoms with van der Waals surface area (Å²) >= 11 is 6.10. The number of nitrogens with zero attached hydrogens (tertiary/aromatic N) is 2. The summed E-state index contributed by atoms with van der Waals surface area (Å²) in [6.07, 6.45) is 1.86. The molecule has 0 aliphatic carbocycles. The Hall–Kier alpha value is -2.60. The molecular formula is C24H30ClFN4O. The van der Waals surface area contributed by atoms with Crippen molar-refractivity contribution in [1.82, 2.24) is 15.5 Å². The van der Waals surface area contributed by atoms with Crippen LogP contribution in [0, 0.1) is 11.7 Å². The van der Waals surface area contributed by atoms with Crippen molar-refractivity contribution >= 4 is 23.5 Å². The molecule has 0 saturated carbocycles. The minimum Gasteiger partial charge on any atom is -0.357 e. The second kappa shape index (κ2) is 11.7. The zero-order chi connectivity index (χ0) is 22.1. The maximum atomic E-state index is 13.9. The van der Waals surface area contributed by atoms with Gasteiger partial charge in [0.2, 0.25) is 5.91 Å². The molecule has 0 spiro atoms. The lowest BCUT2D eigenvalue weighted by molar-refractivity contribution is -0.127. The Labute approximate surface area is 188 Å². The minimum absolute atomic E-state index is 0.197. The van der Waals surface area contributed by atoms with Crippen LogP contribution in [0.1, 0.15) is 24.5 Å². The SMILES string of the molecule is CCNC(=NCC1CC(=O)N(CCc2ccccc2)C1)NCCc1c(F)cccc1Cl. The highest BCUT2D eigenvalue weighted by atomic mass is 35.5. The third-order valence-corrected chi connectivity index (χ3v) is 5.74. The Morgan fingerprint density at radius 2 is 1.97 bits per heavy atom. The Morgan fingerprint density at radius 1 is 1.16 bits per heavy atom. The van der Waals surface area contributed by atoms with E-state index in [1.54, 1.807) is 12.1 Å². The van der Waals surface area contributed by atoms with E-state index in [0.29, 0.717) is 42.5 Å². The fraction of sp³-hybridized carbons (Fsp3) is 0.417. The second-order valence-corrected chi connectivity index (χ2v) is 8.15. The molecule has 2 aromatic carbocycles. The summed E-state index contributed by atoms with van der Waals surface area (Å²) in [5.41, 5.74) is 1.74. The predicted octanol–water partition coefficient (Wildman–Crippen LogP) is 3.67. The van der Waals surface area contributed by atoms with Crippen molar-refractivity contribution in [3.63, 3.8) is 0 Å². The molecule has 3 rings (SSSR count). The Morgan fingerprint density at radius 3 is 2.71 bits per heavy atom.